The SMILES string of the molecule is c1cncc(OCC2CNCCO2)c1. The molecular formula is C10H14N2O2. The molecule has 4 nitrogen and oxygen atoms in total. The molecule has 1 aliphatic rings. The van der Waals surface area contributed by atoms with Gasteiger partial charge in [-0.15, -0.1) is 0 Å². The van der Waals surface area contributed by atoms with Gasteiger partial charge in [0, 0.05) is 19.3 Å². The second-order valence-electron chi connectivity index (χ2n) is 3.20. The van der Waals surface area contributed by atoms with Gasteiger partial charge in [-0.3, -0.25) is 4.98 Å². The van der Waals surface area contributed by atoms with Crippen molar-refractivity contribution in [1.82, 2.24) is 10.3 Å². The Morgan fingerprint density at radius 2 is 2.64 bits per heavy atom. The Labute approximate surface area is 83.2 Å². The number of nitrogens with zero attached hydrogens (tertiary/aromatic N) is 1. The fourth-order valence-corrected chi connectivity index (χ4v) is 1.35. The van der Waals surface area contributed by atoms with Crippen LogP contribution < -0.4 is 10.1 Å². The average Bonchev–Trinajstić information content (AvgIpc) is 2.29. The maximum Gasteiger partial charge on any atom is 0.137 e. The Morgan fingerprint density at radius 1 is 1.64 bits per heavy atom. The summed E-state index contributed by atoms with van der Waals surface area (Å²) in [7, 11) is 0. The molecule has 0 amide bonds. The number of ether oxygens (including phenoxy) is 2. The molecule has 4 heteroatoms. The third kappa shape index (κ3) is 2.68. The topological polar surface area (TPSA) is 43.4 Å². The lowest BCUT2D eigenvalue weighted by atomic mass is 10.3. The third-order valence-corrected chi connectivity index (χ3v) is 2.07. The summed E-state index contributed by atoms with van der Waals surface area (Å²) < 4.78 is 11.0. The van der Waals surface area contributed by atoms with Crippen LogP contribution in [0.1, 0.15) is 0 Å². The minimum absolute atomic E-state index is 0.156. The molecule has 14 heavy (non-hydrogen) atoms. The van der Waals surface area contributed by atoms with Crippen LogP contribution in [0, 0.1) is 0 Å². The zero-order chi connectivity index (χ0) is 9.64. The highest BCUT2D eigenvalue weighted by Gasteiger charge is 2.13. The normalized spacial score (nSPS) is 21.9. The van der Waals surface area contributed by atoms with Gasteiger partial charge < -0.3 is 14.8 Å². The smallest absolute Gasteiger partial charge is 0.137 e. The van der Waals surface area contributed by atoms with Crippen LogP contribution in [0.15, 0.2) is 24.5 Å². The predicted molar refractivity (Wildman–Crippen MR) is 52.3 cm³/mol. The van der Waals surface area contributed by atoms with Gasteiger partial charge in [-0.2, -0.15) is 0 Å². The van der Waals surface area contributed by atoms with Gasteiger partial charge in [-0.05, 0) is 12.1 Å². The molecule has 0 saturated carbocycles. The van der Waals surface area contributed by atoms with Gasteiger partial charge in [0.2, 0.25) is 0 Å². The average molecular weight is 194 g/mol. The first-order valence-corrected chi connectivity index (χ1v) is 4.80. The van der Waals surface area contributed by atoms with Crippen LogP contribution in [0.3, 0.4) is 0 Å². The minimum atomic E-state index is 0.156. The van der Waals surface area contributed by atoms with Crippen molar-refractivity contribution in [2.24, 2.45) is 0 Å². The van der Waals surface area contributed by atoms with Crippen molar-refractivity contribution in [2.75, 3.05) is 26.3 Å². The van der Waals surface area contributed by atoms with Crippen molar-refractivity contribution in [2.45, 2.75) is 6.10 Å². The fraction of sp³-hybridized carbons (Fsp3) is 0.500. The zero-order valence-electron chi connectivity index (χ0n) is 7.98. The molecule has 2 heterocycles. The largest absolute Gasteiger partial charge is 0.489 e. The Kier molecular flexibility index (Phi) is 3.32. The van der Waals surface area contributed by atoms with Crippen molar-refractivity contribution < 1.29 is 9.47 Å². The van der Waals surface area contributed by atoms with E-state index in [9.17, 15) is 0 Å². The second kappa shape index (κ2) is 4.93. The van der Waals surface area contributed by atoms with Gasteiger partial charge in [0.15, 0.2) is 0 Å². The Hall–Kier alpha value is -1.13. The third-order valence-electron chi connectivity index (χ3n) is 2.07. The van der Waals surface area contributed by atoms with Crippen molar-refractivity contribution in [3.05, 3.63) is 24.5 Å². The van der Waals surface area contributed by atoms with E-state index >= 15 is 0 Å². The number of nitrogens with one attached hydrogen (secondary N) is 1. The van der Waals surface area contributed by atoms with E-state index in [2.05, 4.69) is 10.3 Å². The molecule has 0 aromatic carbocycles. The first kappa shape index (κ1) is 9.43. The molecule has 1 aliphatic heterocycles. The Bertz CT molecular complexity index is 260. The number of morpholine rings is 1. The van der Waals surface area contributed by atoms with E-state index < -0.39 is 0 Å². The molecule has 1 aromatic rings. The molecule has 0 radical (unpaired) electrons. The lowest BCUT2D eigenvalue weighted by Gasteiger charge is -2.23. The summed E-state index contributed by atoms with van der Waals surface area (Å²) >= 11 is 0. The van der Waals surface area contributed by atoms with Crippen LogP contribution >= 0.6 is 0 Å². The van der Waals surface area contributed by atoms with E-state index in [0.717, 1.165) is 25.4 Å². The standard InChI is InChI=1S/C10H14N2O2/c1-2-9(6-11-3-1)14-8-10-7-12-4-5-13-10/h1-3,6,10,12H,4-5,7-8H2. The van der Waals surface area contributed by atoms with E-state index in [-0.39, 0.29) is 6.10 Å². The van der Waals surface area contributed by atoms with Crippen LogP contribution in [-0.4, -0.2) is 37.4 Å². The van der Waals surface area contributed by atoms with E-state index in [1.807, 2.05) is 12.1 Å². The summed E-state index contributed by atoms with van der Waals surface area (Å²) in [4.78, 5) is 3.97. The molecule has 1 atom stereocenters. The summed E-state index contributed by atoms with van der Waals surface area (Å²) in [6, 6.07) is 3.75. The molecule has 1 unspecified atom stereocenters. The van der Waals surface area contributed by atoms with E-state index in [4.69, 9.17) is 9.47 Å². The van der Waals surface area contributed by atoms with E-state index in [1.165, 1.54) is 0 Å². The number of pyridine rings is 1. The minimum Gasteiger partial charge on any atom is -0.489 e. The molecule has 0 bridgehead atoms. The molecule has 1 N–H and O–H groups in total. The van der Waals surface area contributed by atoms with Gasteiger partial charge in [-0.1, -0.05) is 0 Å². The van der Waals surface area contributed by atoms with Crippen molar-refractivity contribution >= 4 is 0 Å². The first-order chi connectivity index (χ1) is 6.95. The van der Waals surface area contributed by atoms with Gasteiger partial charge in [0.25, 0.3) is 0 Å². The number of hydrogen-bond acceptors (Lipinski definition) is 4. The van der Waals surface area contributed by atoms with Crippen molar-refractivity contribution in [3.8, 4) is 5.75 Å². The number of rotatable bonds is 3. The van der Waals surface area contributed by atoms with Crippen molar-refractivity contribution in [1.29, 1.82) is 0 Å². The zero-order valence-corrected chi connectivity index (χ0v) is 7.98. The van der Waals surface area contributed by atoms with Gasteiger partial charge in [-0.25, -0.2) is 0 Å². The van der Waals surface area contributed by atoms with Gasteiger partial charge in [0.05, 0.1) is 12.8 Å². The Balaban J connectivity index is 1.76. The molecular weight excluding hydrogens is 180 g/mol. The lowest BCUT2D eigenvalue weighted by Crippen LogP contribution is -2.41. The first-order valence-electron chi connectivity index (χ1n) is 4.80. The van der Waals surface area contributed by atoms with Crippen LogP contribution in [0.25, 0.3) is 0 Å². The van der Waals surface area contributed by atoms with Crippen molar-refractivity contribution in [3.63, 3.8) is 0 Å². The number of aromatic nitrogens is 1. The summed E-state index contributed by atoms with van der Waals surface area (Å²) in [5, 5.41) is 3.25. The Morgan fingerprint density at radius 3 is 3.36 bits per heavy atom. The fourth-order valence-electron chi connectivity index (χ4n) is 1.35. The highest BCUT2D eigenvalue weighted by atomic mass is 16.5. The van der Waals surface area contributed by atoms with Gasteiger partial charge in [0.1, 0.15) is 18.5 Å². The lowest BCUT2D eigenvalue weighted by molar-refractivity contribution is 0.000126. The summed E-state index contributed by atoms with van der Waals surface area (Å²) in [6.45, 7) is 3.14. The quantitative estimate of drug-likeness (QED) is 0.758. The number of hydrogen-bond donors (Lipinski definition) is 1. The summed E-state index contributed by atoms with van der Waals surface area (Å²) in [5.41, 5.74) is 0. The summed E-state index contributed by atoms with van der Waals surface area (Å²) in [5.74, 6) is 0.793. The van der Waals surface area contributed by atoms with Crippen LogP contribution in [-0.2, 0) is 4.74 Å². The molecule has 1 aromatic heterocycles. The molecule has 1 fully saturated rings. The van der Waals surface area contributed by atoms with E-state index in [1.54, 1.807) is 12.4 Å². The maximum absolute atomic E-state index is 5.52. The van der Waals surface area contributed by atoms with Crippen LogP contribution in [0.4, 0.5) is 0 Å². The highest BCUT2D eigenvalue weighted by molar-refractivity contribution is 5.15. The van der Waals surface area contributed by atoms with E-state index in [0.29, 0.717) is 6.61 Å². The summed E-state index contributed by atoms with van der Waals surface area (Å²) in [6.07, 6.45) is 3.59. The molecule has 2 rings (SSSR count). The van der Waals surface area contributed by atoms with Crippen LogP contribution in [0.5, 0.6) is 5.75 Å². The molecule has 76 valence electrons. The molecule has 1 saturated heterocycles. The van der Waals surface area contributed by atoms with Crippen LogP contribution in [0.2, 0.25) is 0 Å². The monoisotopic (exact) mass is 194 g/mol. The predicted octanol–water partition coefficient (Wildman–Crippen LogP) is 0.449. The highest BCUT2D eigenvalue weighted by Crippen LogP contribution is 2.07. The maximum atomic E-state index is 5.52. The second-order valence-corrected chi connectivity index (χ2v) is 3.20. The molecule has 0 spiro atoms. The molecule has 0 aliphatic carbocycles. The van der Waals surface area contributed by atoms with Gasteiger partial charge >= 0.3 is 0 Å².